The summed E-state index contributed by atoms with van der Waals surface area (Å²) in [6.45, 7) is 0.574. The van der Waals surface area contributed by atoms with Gasteiger partial charge in [0.25, 0.3) is 0 Å². The van der Waals surface area contributed by atoms with Gasteiger partial charge in [-0.25, -0.2) is 9.97 Å². The molecule has 2 heterocycles. The Morgan fingerprint density at radius 2 is 2.50 bits per heavy atom. The molecule has 0 saturated heterocycles. The van der Waals surface area contributed by atoms with Gasteiger partial charge in [0.15, 0.2) is 0 Å². The summed E-state index contributed by atoms with van der Waals surface area (Å²) >= 11 is 5.80. The van der Waals surface area contributed by atoms with Crippen LogP contribution in [-0.4, -0.2) is 16.5 Å². The number of hydrogen-bond donors (Lipinski definition) is 1. The SMILES string of the molecule is N#CC1CNc2ncnc(Cl)c21. The minimum Gasteiger partial charge on any atom is -0.368 e. The van der Waals surface area contributed by atoms with Crippen LogP contribution in [0.15, 0.2) is 6.33 Å². The number of hydrogen-bond acceptors (Lipinski definition) is 4. The maximum Gasteiger partial charge on any atom is 0.139 e. The molecule has 0 radical (unpaired) electrons. The van der Waals surface area contributed by atoms with Crippen molar-refractivity contribution in [2.75, 3.05) is 11.9 Å². The highest BCUT2D eigenvalue weighted by atomic mass is 35.5. The number of nitrogens with zero attached hydrogens (tertiary/aromatic N) is 3. The molecule has 1 aromatic heterocycles. The van der Waals surface area contributed by atoms with Crippen molar-refractivity contribution in [2.45, 2.75) is 5.92 Å². The number of nitriles is 1. The average molecular weight is 181 g/mol. The van der Waals surface area contributed by atoms with E-state index in [1.54, 1.807) is 0 Å². The second kappa shape index (κ2) is 2.61. The standard InChI is InChI=1S/C7H5ClN4/c8-6-5-4(1-9)2-10-7(5)12-3-11-6/h3-4H,2H2,(H,10,11,12). The molecule has 1 N–H and O–H groups in total. The summed E-state index contributed by atoms with van der Waals surface area (Å²) in [7, 11) is 0. The monoisotopic (exact) mass is 180 g/mol. The van der Waals surface area contributed by atoms with Gasteiger partial charge in [0, 0.05) is 6.54 Å². The van der Waals surface area contributed by atoms with Crippen molar-refractivity contribution in [3.05, 3.63) is 17.0 Å². The van der Waals surface area contributed by atoms with E-state index in [0.717, 1.165) is 5.56 Å². The molecule has 0 aromatic carbocycles. The summed E-state index contributed by atoms with van der Waals surface area (Å²) < 4.78 is 0. The van der Waals surface area contributed by atoms with E-state index >= 15 is 0 Å². The van der Waals surface area contributed by atoms with E-state index < -0.39 is 0 Å². The number of nitrogens with one attached hydrogen (secondary N) is 1. The molecule has 2 rings (SSSR count). The van der Waals surface area contributed by atoms with Crippen LogP contribution in [0.5, 0.6) is 0 Å². The van der Waals surface area contributed by atoms with Gasteiger partial charge in [0.05, 0.1) is 17.6 Å². The summed E-state index contributed by atoms with van der Waals surface area (Å²) in [6.07, 6.45) is 1.38. The van der Waals surface area contributed by atoms with Crippen LogP contribution in [0.25, 0.3) is 0 Å². The smallest absolute Gasteiger partial charge is 0.139 e. The average Bonchev–Trinajstić information content (AvgIpc) is 2.49. The first-order chi connectivity index (χ1) is 5.83. The molecular formula is C7H5ClN4. The van der Waals surface area contributed by atoms with E-state index in [2.05, 4.69) is 21.4 Å². The lowest BCUT2D eigenvalue weighted by Crippen LogP contribution is -1.98. The van der Waals surface area contributed by atoms with E-state index in [1.165, 1.54) is 6.33 Å². The maximum absolute atomic E-state index is 8.73. The van der Waals surface area contributed by atoms with Gasteiger partial charge in [-0.1, -0.05) is 11.6 Å². The molecule has 0 fully saturated rings. The van der Waals surface area contributed by atoms with E-state index in [0.29, 0.717) is 17.5 Å². The Labute approximate surface area is 74.2 Å². The molecule has 12 heavy (non-hydrogen) atoms. The summed E-state index contributed by atoms with van der Waals surface area (Å²) in [5, 5.41) is 12.1. The Morgan fingerprint density at radius 1 is 1.67 bits per heavy atom. The predicted octanol–water partition coefficient (Wildman–Crippen LogP) is 1.16. The molecule has 0 amide bonds. The second-order valence-electron chi connectivity index (χ2n) is 2.49. The molecule has 0 saturated carbocycles. The van der Waals surface area contributed by atoms with Gasteiger partial charge in [-0.2, -0.15) is 5.26 Å². The van der Waals surface area contributed by atoms with Crippen molar-refractivity contribution in [3.63, 3.8) is 0 Å². The van der Waals surface area contributed by atoms with Crippen LogP contribution in [-0.2, 0) is 0 Å². The predicted molar refractivity (Wildman–Crippen MR) is 43.9 cm³/mol. The lowest BCUT2D eigenvalue weighted by Gasteiger charge is -1.99. The molecule has 1 aromatic rings. The largest absolute Gasteiger partial charge is 0.368 e. The fraction of sp³-hybridized carbons (Fsp3) is 0.286. The minimum atomic E-state index is -0.214. The molecule has 1 unspecified atom stereocenters. The highest BCUT2D eigenvalue weighted by Gasteiger charge is 2.26. The minimum absolute atomic E-state index is 0.214. The maximum atomic E-state index is 8.73. The second-order valence-corrected chi connectivity index (χ2v) is 2.85. The molecule has 1 aliphatic heterocycles. The Morgan fingerprint density at radius 3 is 3.25 bits per heavy atom. The van der Waals surface area contributed by atoms with Crippen LogP contribution >= 0.6 is 11.6 Å². The van der Waals surface area contributed by atoms with E-state index in [9.17, 15) is 0 Å². The number of anilines is 1. The molecule has 4 nitrogen and oxygen atoms in total. The van der Waals surface area contributed by atoms with Gasteiger partial charge in [-0.15, -0.1) is 0 Å². The third kappa shape index (κ3) is 0.908. The number of fused-ring (bicyclic) bond motifs is 1. The van der Waals surface area contributed by atoms with Crippen LogP contribution in [0.4, 0.5) is 5.82 Å². The van der Waals surface area contributed by atoms with Crippen molar-refractivity contribution < 1.29 is 0 Å². The summed E-state index contributed by atoms with van der Waals surface area (Å²) in [4.78, 5) is 7.77. The Hall–Kier alpha value is -1.34. The molecule has 5 heteroatoms. The van der Waals surface area contributed by atoms with Crippen molar-refractivity contribution in [1.82, 2.24) is 9.97 Å². The molecular weight excluding hydrogens is 176 g/mol. The van der Waals surface area contributed by atoms with Crippen molar-refractivity contribution in [3.8, 4) is 6.07 Å². The molecule has 0 bridgehead atoms. The van der Waals surface area contributed by atoms with Crippen molar-refractivity contribution in [1.29, 1.82) is 5.26 Å². The van der Waals surface area contributed by atoms with Crippen LogP contribution in [0.2, 0.25) is 5.15 Å². The first kappa shape index (κ1) is 7.32. The van der Waals surface area contributed by atoms with Crippen molar-refractivity contribution >= 4 is 17.4 Å². The molecule has 60 valence electrons. The van der Waals surface area contributed by atoms with Gasteiger partial charge in [0.1, 0.15) is 17.3 Å². The Kier molecular flexibility index (Phi) is 1.59. The van der Waals surface area contributed by atoms with Gasteiger partial charge >= 0.3 is 0 Å². The highest BCUT2D eigenvalue weighted by molar-refractivity contribution is 6.30. The summed E-state index contributed by atoms with van der Waals surface area (Å²) in [5.41, 5.74) is 0.724. The number of halogens is 1. The Balaban J connectivity index is 2.57. The van der Waals surface area contributed by atoms with E-state index in [1.807, 2.05) is 0 Å². The van der Waals surface area contributed by atoms with E-state index in [4.69, 9.17) is 16.9 Å². The Bertz CT molecular complexity index is 357. The lowest BCUT2D eigenvalue weighted by molar-refractivity contribution is 0.954. The van der Waals surface area contributed by atoms with Crippen molar-refractivity contribution in [2.24, 2.45) is 0 Å². The highest BCUT2D eigenvalue weighted by Crippen LogP contribution is 2.32. The topological polar surface area (TPSA) is 61.6 Å². The third-order valence-corrected chi connectivity index (χ3v) is 2.11. The number of aromatic nitrogens is 2. The zero-order valence-electron chi connectivity index (χ0n) is 6.08. The van der Waals surface area contributed by atoms with Gasteiger partial charge in [-0.05, 0) is 0 Å². The first-order valence-corrected chi connectivity index (χ1v) is 3.84. The quantitative estimate of drug-likeness (QED) is 0.609. The molecule has 1 aliphatic rings. The summed E-state index contributed by atoms with van der Waals surface area (Å²) in [6, 6.07) is 2.13. The van der Waals surface area contributed by atoms with Gasteiger partial charge < -0.3 is 5.32 Å². The van der Waals surface area contributed by atoms with Crippen LogP contribution < -0.4 is 5.32 Å². The fourth-order valence-corrected chi connectivity index (χ4v) is 1.50. The van der Waals surface area contributed by atoms with Crippen LogP contribution in [0.3, 0.4) is 0 Å². The zero-order chi connectivity index (χ0) is 8.55. The normalized spacial score (nSPS) is 19.5. The zero-order valence-corrected chi connectivity index (χ0v) is 6.84. The third-order valence-electron chi connectivity index (χ3n) is 1.81. The molecule has 0 spiro atoms. The summed E-state index contributed by atoms with van der Waals surface area (Å²) in [5.74, 6) is 0.468. The van der Waals surface area contributed by atoms with Crippen LogP contribution in [0.1, 0.15) is 11.5 Å². The number of rotatable bonds is 0. The lowest BCUT2D eigenvalue weighted by atomic mass is 10.1. The molecule has 0 aliphatic carbocycles. The van der Waals surface area contributed by atoms with Gasteiger partial charge in [-0.3, -0.25) is 0 Å². The molecule has 1 atom stereocenters. The van der Waals surface area contributed by atoms with E-state index in [-0.39, 0.29) is 5.92 Å². The fourth-order valence-electron chi connectivity index (χ4n) is 1.23. The first-order valence-electron chi connectivity index (χ1n) is 3.47. The van der Waals surface area contributed by atoms with Crippen LogP contribution in [0, 0.1) is 11.3 Å². The van der Waals surface area contributed by atoms with Gasteiger partial charge in [0.2, 0.25) is 0 Å².